The van der Waals surface area contributed by atoms with Crippen LogP contribution in [0.25, 0.3) is 0 Å². The van der Waals surface area contributed by atoms with Gasteiger partial charge >= 0.3 is 5.97 Å². The van der Waals surface area contributed by atoms with Crippen LogP contribution in [0, 0.1) is 17.8 Å². The minimum Gasteiger partial charge on any atom is -0.481 e. The van der Waals surface area contributed by atoms with Crippen molar-refractivity contribution < 1.29 is 18.3 Å². The number of carboxylic acid groups (broad SMARTS) is 1. The van der Waals surface area contributed by atoms with E-state index in [0.29, 0.717) is 18.4 Å². The number of aliphatic carboxylic acids is 1. The molecule has 17 heavy (non-hydrogen) atoms. The van der Waals surface area contributed by atoms with Gasteiger partial charge in [0.2, 0.25) is 10.0 Å². The summed E-state index contributed by atoms with van der Waals surface area (Å²) in [6, 6.07) is 0. The SMILES string of the molecule is O=C(O)CCS(=O)(=O)NCC1CC2CCC1C2. The van der Waals surface area contributed by atoms with Crippen molar-refractivity contribution in [3.8, 4) is 0 Å². The van der Waals surface area contributed by atoms with Gasteiger partial charge in [-0.2, -0.15) is 0 Å². The summed E-state index contributed by atoms with van der Waals surface area (Å²) in [6.45, 7) is 0.489. The summed E-state index contributed by atoms with van der Waals surface area (Å²) in [6.07, 6.45) is 4.58. The minimum absolute atomic E-state index is 0.316. The van der Waals surface area contributed by atoms with Crippen molar-refractivity contribution in [2.45, 2.75) is 32.1 Å². The largest absolute Gasteiger partial charge is 0.481 e. The van der Waals surface area contributed by atoms with E-state index >= 15 is 0 Å². The molecule has 0 saturated heterocycles. The Labute approximate surface area is 102 Å². The monoisotopic (exact) mass is 261 g/mol. The van der Waals surface area contributed by atoms with E-state index < -0.39 is 16.0 Å². The molecule has 6 heteroatoms. The molecule has 2 saturated carbocycles. The maximum Gasteiger partial charge on any atom is 0.304 e. The van der Waals surface area contributed by atoms with Crippen LogP contribution in [0.15, 0.2) is 0 Å². The molecule has 2 rings (SSSR count). The highest BCUT2D eigenvalue weighted by atomic mass is 32.2. The summed E-state index contributed by atoms with van der Waals surface area (Å²) in [7, 11) is -3.41. The maximum absolute atomic E-state index is 11.5. The first-order valence-electron chi connectivity index (χ1n) is 6.15. The lowest BCUT2D eigenvalue weighted by atomic mass is 9.89. The Kier molecular flexibility index (Phi) is 3.73. The number of hydrogen-bond acceptors (Lipinski definition) is 3. The van der Waals surface area contributed by atoms with Crippen LogP contribution in [-0.4, -0.2) is 31.8 Å². The third kappa shape index (κ3) is 3.42. The van der Waals surface area contributed by atoms with Gasteiger partial charge in [-0.25, -0.2) is 13.1 Å². The molecule has 0 aromatic carbocycles. The lowest BCUT2D eigenvalue weighted by molar-refractivity contribution is -0.136. The third-order valence-electron chi connectivity index (χ3n) is 4.03. The number of sulfonamides is 1. The first-order chi connectivity index (χ1) is 7.96. The van der Waals surface area contributed by atoms with Crippen molar-refractivity contribution in [3.63, 3.8) is 0 Å². The average molecular weight is 261 g/mol. The van der Waals surface area contributed by atoms with Crippen LogP contribution in [0.1, 0.15) is 32.1 Å². The van der Waals surface area contributed by atoms with E-state index in [-0.39, 0.29) is 12.2 Å². The third-order valence-corrected chi connectivity index (χ3v) is 5.38. The lowest BCUT2D eigenvalue weighted by Crippen LogP contribution is -2.33. The van der Waals surface area contributed by atoms with Crippen LogP contribution in [0.2, 0.25) is 0 Å². The summed E-state index contributed by atoms with van der Waals surface area (Å²) in [4.78, 5) is 10.3. The van der Waals surface area contributed by atoms with Crippen molar-refractivity contribution in [2.75, 3.05) is 12.3 Å². The molecule has 2 aliphatic carbocycles. The molecule has 2 aliphatic rings. The van der Waals surface area contributed by atoms with Crippen LogP contribution in [-0.2, 0) is 14.8 Å². The molecule has 0 radical (unpaired) electrons. The smallest absolute Gasteiger partial charge is 0.304 e. The van der Waals surface area contributed by atoms with Crippen molar-refractivity contribution in [1.29, 1.82) is 0 Å². The topological polar surface area (TPSA) is 83.5 Å². The molecule has 0 spiro atoms. The van der Waals surface area contributed by atoms with Gasteiger partial charge in [0.25, 0.3) is 0 Å². The van der Waals surface area contributed by atoms with E-state index in [0.717, 1.165) is 12.3 Å². The highest BCUT2D eigenvalue weighted by Crippen LogP contribution is 2.47. The lowest BCUT2D eigenvalue weighted by Gasteiger charge is -2.21. The number of nitrogens with one attached hydrogen (secondary N) is 1. The zero-order valence-electron chi connectivity index (χ0n) is 9.76. The highest BCUT2D eigenvalue weighted by molar-refractivity contribution is 7.89. The summed E-state index contributed by atoms with van der Waals surface area (Å²) in [5, 5.41) is 8.45. The fraction of sp³-hybridized carbons (Fsp3) is 0.909. The van der Waals surface area contributed by atoms with E-state index in [2.05, 4.69) is 4.72 Å². The Morgan fingerprint density at radius 2 is 2.06 bits per heavy atom. The molecule has 0 aromatic rings. The number of carbonyl (C=O) groups is 1. The number of rotatable bonds is 6. The summed E-state index contributed by atoms with van der Waals surface area (Å²) < 4.78 is 25.6. The summed E-state index contributed by atoms with van der Waals surface area (Å²) in [5.41, 5.74) is 0. The van der Waals surface area contributed by atoms with Gasteiger partial charge in [-0.1, -0.05) is 6.42 Å². The standard InChI is InChI=1S/C11H19NO4S/c13-11(14)3-4-17(15,16)12-7-10-6-8-1-2-9(10)5-8/h8-10,12H,1-7H2,(H,13,14). The second-order valence-electron chi connectivity index (χ2n) is 5.25. The van der Waals surface area contributed by atoms with Crippen LogP contribution in [0.4, 0.5) is 0 Å². The van der Waals surface area contributed by atoms with E-state index in [1.807, 2.05) is 0 Å². The Morgan fingerprint density at radius 1 is 1.29 bits per heavy atom. The highest BCUT2D eigenvalue weighted by Gasteiger charge is 2.39. The first-order valence-corrected chi connectivity index (χ1v) is 7.80. The normalized spacial score (nSPS) is 31.9. The average Bonchev–Trinajstić information content (AvgIpc) is 2.85. The van der Waals surface area contributed by atoms with E-state index in [9.17, 15) is 13.2 Å². The summed E-state index contributed by atoms with van der Waals surface area (Å²) >= 11 is 0. The Balaban J connectivity index is 1.76. The van der Waals surface area contributed by atoms with E-state index in [4.69, 9.17) is 5.11 Å². The van der Waals surface area contributed by atoms with Gasteiger partial charge in [0.15, 0.2) is 0 Å². The molecule has 98 valence electrons. The Hall–Kier alpha value is -0.620. The molecule has 0 aliphatic heterocycles. The minimum atomic E-state index is -3.41. The van der Waals surface area contributed by atoms with Gasteiger partial charge in [-0.15, -0.1) is 0 Å². The van der Waals surface area contributed by atoms with Gasteiger partial charge < -0.3 is 5.11 Å². The van der Waals surface area contributed by atoms with Gasteiger partial charge in [0, 0.05) is 6.54 Å². The van der Waals surface area contributed by atoms with Crippen LogP contribution in [0.3, 0.4) is 0 Å². The quantitative estimate of drug-likeness (QED) is 0.741. The molecule has 0 heterocycles. The van der Waals surface area contributed by atoms with Crippen LogP contribution < -0.4 is 4.72 Å². The van der Waals surface area contributed by atoms with Crippen LogP contribution >= 0.6 is 0 Å². The van der Waals surface area contributed by atoms with Crippen molar-refractivity contribution in [3.05, 3.63) is 0 Å². The number of hydrogen-bond donors (Lipinski definition) is 2. The molecule has 2 bridgehead atoms. The molecular weight excluding hydrogens is 242 g/mol. The fourth-order valence-corrected chi connectivity index (χ4v) is 4.21. The van der Waals surface area contributed by atoms with Crippen LogP contribution in [0.5, 0.6) is 0 Å². The Bertz CT molecular complexity index is 392. The maximum atomic E-state index is 11.5. The molecule has 3 unspecified atom stereocenters. The summed E-state index contributed by atoms with van der Waals surface area (Å²) in [5.74, 6) is 0.558. The molecule has 2 fully saturated rings. The van der Waals surface area contributed by atoms with Gasteiger partial charge in [0.1, 0.15) is 0 Å². The van der Waals surface area contributed by atoms with E-state index in [1.165, 1.54) is 19.3 Å². The second kappa shape index (κ2) is 4.94. The molecule has 0 aromatic heterocycles. The molecular formula is C11H19NO4S. The number of fused-ring (bicyclic) bond motifs is 2. The van der Waals surface area contributed by atoms with Gasteiger partial charge in [-0.05, 0) is 37.0 Å². The zero-order chi connectivity index (χ0) is 12.5. The first kappa shape index (κ1) is 12.8. The predicted molar refractivity (Wildman–Crippen MR) is 63.0 cm³/mol. The molecule has 5 nitrogen and oxygen atoms in total. The predicted octanol–water partition coefficient (Wildman–Crippen LogP) is 0.817. The number of carboxylic acids is 1. The second-order valence-corrected chi connectivity index (χ2v) is 7.17. The molecule has 3 atom stereocenters. The molecule has 2 N–H and O–H groups in total. The fourth-order valence-electron chi connectivity index (χ4n) is 3.15. The molecule has 0 amide bonds. The van der Waals surface area contributed by atoms with Crippen molar-refractivity contribution >= 4 is 16.0 Å². The van der Waals surface area contributed by atoms with Crippen molar-refractivity contribution in [1.82, 2.24) is 4.72 Å². The Morgan fingerprint density at radius 3 is 2.59 bits per heavy atom. The zero-order valence-corrected chi connectivity index (χ0v) is 10.6. The van der Waals surface area contributed by atoms with Gasteiger partial charge in [-0.3, -0.25) is 4.79 Å². The van der Waals surface area contributed by atoms with Crippen molar-refractivity contribution in [2.24, 2.45) is 17.8 Å². The van der Waals surface area contributed by atoms with E-state index in [1.54, 1.807) is 0 Å². The van der Waals surface area contributed by atoms with Gasteiger partial charge in [0.05, 0.1) is 12.2 Å².